The lowest BCUT2D eigenvalue weighted by molar-refractivity contribution is 0.133. The molecule has 0 aromatic heterocycles. The van der Waals surface area contributed by atoms with Crippen molar-refractivity contribution in [2.24, 2.45) is 5.92 Å². The number of hydrogen-bond donors (Lipinski definition) is 1. The van der Waals surface area contributed by atoms with Crippen molar-refractivity contribution in [3.8, 4) is 0 Å². The highest BCUT2D eigenvalue weighted by Gasteiger charge is 2.34. The zero-order valence-electron chi connectivity index (χ0n) is 9.78. The molecule has 1 aliphatic rings. The summed E-state index contributed by atoms with van der Waals surface area (Å²) in [6.45, 7) is 2.62. The highest BCUT2D eigenvalue weighted by atomic mass is 32.2. The molecular weight excluding hydrogens is 238 g/mol. The molecule has 1 aromatic carbocycles. The standard InChI is InChI=1S/C12H17NO3S/c1-10(14)11-7-8-13(9-11)17(15,16)12-5-3-2-4-6-12/h2-6,10-11,14H,7-9H2,1H3. The molecule has 1 N–H and O–H groups in total. The van der Waals surface area contributed by atoms with Crippen LogP contribution in [-0.2, 0) is 10.0 Å². The first kappa shape index (κ1) is 12.5. The predicted molar refractivity (Wildman–Crippen MR) is 65.0 cm³/mol. The topological polar surface area (TPSA) is 57.6 Å². The van der Waals surface area contributed by atoms with Gasteiger partial charge in [-0.05, 0) is 31.4 Å². The minimum absolute atomic E-state index is 0.0495. The third-order valence-corrected chi connectivity index (χ3v) is 5.13. The normalized spacial score (nSPS) is 23.8. The van der Waals surface area contributed by atoms with Crippen LogP contribution in [0.5, 0.6) is 0 Å². The van der Waals surface area contributed by atoms with Gasteiger partial charge in [0.25, 0.3) is 0 Å². The molecule has 94 valence electrons. The molecule has 1 aliphatic heterocycles. The molecule has 0 saturated carbocycles. The number of nitrogens with zero attached hydrogens (tertiary/aromatic N) is 1. The zero-order valence-corrected chi connectivity index (χ0v) is 10.6. The van der Waals surface area contributed by atoms with Gasteiger partial charge in [0.15, 0.2) is 0 Å². The minimum atomic E-state index is -3.38. The van der Waals surface area contributed by atoms with Crippen molar-refractivity contribution < 1.29 is 13.5 Å². The number of hydrogen-bond acceptors (Lipinski definition) is 3. The minimum Gasteiger partial charge on any atom is -0.393 e. The monoisotopic (exact) mass is 255 g/mol. The molecular formula is C12H17NO3S. The first-order valence-corrected chi connectivity index (χ1v) is 7.19. The lowest BCUT2D eigenvalue weighted by atomic mass is 10.0. The van der Waals surface area contributed by atoms with Crippen LogP contribution in [0.2, 0.25) is 0 Å². The van der Waals surface area contributed by atoms with E-state index in [-0.39, 0.29) is 5.92 Å². The molecule has 1 saturated heterocycles. The van der Waals surface area contributed by atoms with Gasteiger partial charge in [0.2, 0.25) is 10.0 Å². The van der Waals surface area contributed by atoms with Gasteiger partial charge in [0.1, 0.15) is 0 Å². The molecule has 1 heterocycles. The fraction of sp³-hybridized carbons (Fsp3) is 0.500. The number of aliphatic hydroxyl groups excluding tert-OH is 1. The Bertz CT molecular complexity index is 470. The second-order valence-electron chi connectivity index (χ2n) is 4.47. The van der Waals surface area contributed by atoms with Crippen molar-refractivity contribution in [2.45, 2.75) is 24.3 Å². The lowest BCUT2D eigenvalue weighted by Crippen LogP contribution is -2.30. The van der Waals surface area contributed by atoms with Gasteiger partial charge in [-0.3, -0.25) is 0 Å². The maximum absolute atomic E-state index is 12.2. The SMILES string of the molecule is CC(O)C1CCN(S(=O)(=O)c2ccccc2)C1. The average Bonchev–Trinajstić information content (AvgIpc) is 2.80. The van der Waals surface area contributed by atoms with Crippen LogP contribution in [0, 0.1) is 5.92 Å². The molecule has 2 unspecified atom stereocenters. The molecule has 4 nitrogen and oxygen atoms in total. The summed E-state index contributed by atoms with van der Waals surface area (Å²) in [5, 5.41) is 9.48. The predicted octanol–water partition coefficient (Wildman–Crippen LogP) is 1.08. The Balaban J connectivity index is 2.19. The summed E-state index contributed by atoms with van der Waals surface area (Å²) in [7, 11) is -3.38. The second kappa shape index (κ2) is 4.76. The van der Waals surface area contributed by atoms with Crippen molar-refractivity contribution >= 4 is 10.0 Å². The Morgan fingerprint density at radius 1 is 1.35 bits per heavy atom. The number of aliphatic hydroxyl groups is 1. The van der Waals surface area contributed by atoms with Gasteiger partial charge < -0.3 is 5.11 Å². The summed E-state index contributed by atoms with van der Waals surface area (Å²) < 4.78 is 26.0. The number of rotatable bonds is 3. The van der Waals surface area contributed by atoms with E-state index in [1.807, 2.05) is 0 Å². The highest BCUT2D eigenvalue weighted by molar-refractivity contribution is 7.89. The van der Waals surface area contributed by atoms with Crippen molar-refractivity contribution in [3.05, 3.63) is 30.3 Å². The maximum atomic E-state index is 12.2. The first-order chi connectivity index (χ1) is 8.01. The van der Waals surface area contributed by atoms with Crippen LogP contribution in [-0.4, -0.2) is 37.0 Å². The fourth-order valence-electron chi connectivity index (χ4n) is 2.11. The Morgan fingerprint density at radius 2 is 2.00 bits per heavy atom. The highest BCUT2D eigenvalue weighted by Crippen LogP contribution is 2.25. The summed E-state index contributed by atoms with van der Waals surface area (Å²) in [5.74, 6) is 0.0495. The van der Waals surface area contributed by atoms with Crippen LogP contribution in [0.3, 0.4) is 0 Å². The van der Waals surface area contributed by atoms with Gasteiger partial charge in [-0.25, -0.2) is 8.42 Å². The van der Waals surface area contributed by atoms with Gasteiger partial charge >= 0.3 is 0 Å². The molecule has 0 aliphatic carbocycles. The molecule has 0 radical (unpaired) electrons. The molecule has 17 heavy (non-hydrogen) atoms. The third kappa shape index (κ3) is 2.51. The van der Waals surface area contributed by atoms with E-state index >= 15 is 0 Å². The number of benzene rings is 1. The van der Waals surface area contributed by atoms with E-state index in [0.717, 1.165) is 6.42 Å². The van der Waals surface area contributed by atoms with Gasteiger partial charge in [-0.2, -0.15) is 4.31 Å². The van der Waals surface area contributed by atoms with Crippen LogP contribution < -0.4 is 0 Å². The molecule has 2 atom stereocenters. The smallest absolute Gasteiger partial charge is 0.243 e. The Labute approximate surface area is 102 Å². The molecule has 0 spiro atoms. The second-order valence-corrected chi connectivity index (χ2v) is 6.40. The van der Waals surface area contributed by atoms with Gasteiger partial charge in [-0.15, -0.1) is 0 Å². The van der Waals surface area contributed by atoms with Crippen molar-refractivity contribution in [3.63, 3.8) is 0 Å². The molecule has 5 heteroatoms. The van der Waals surface area contributed by atoms with E-state index in [9.17, 15) is 13.5 Å². The fourth-order valence-corrected chi connectivity index (χ4v) is 3.64. The van der Waals surface area contributed by atoms with Crippen molar-refractivity contribution in [1.82, 2.24) is 4.31 Å². The van der Waals surface area contributed by atoms with Crippen LogP contribution >= 0.6 is 0 Å². The van der Waals surface area contributed by atoms with E-state index < -0.39 is 16.1 Å². The van der Waals surface area contributed by atoms with Crippen molar-refractivity contribution in [2.75, 3.05) is 13.1 Å². The van der Waals surface area contributed by atoms with E-state index in [4.69, 9.17) is 0 Å². The third-order valence-electron chi connectivity index (χ3n) is 3.25. The summed E-state index contributed by atoms with van der Waals surface area (Å²) >= 11 is 0. The van der Waals surface area contributed by atoms with Gasteiger partial charge in [0, 0.05) is 13.1 Å². The van der Waals surface area contributed by atoms with Gasteiger partial charge in [0.05, 0.1) is 11.0 Å². The van der Waals surface area contributed by atoms with E-state index in [1.165, 1.54) is 4.31 Å². The summed E-state index contributed by atoms with van der Waals surface area (Å²) in [4.78, 5) is 0.325. The summed E-state index contributed by atoms with van der Waals surface area (Å²) in [5.41, 5.74) is 0. The molecule has 0 amide bonds. The summed E-state index contributed by atoms with van der Waals surface area (Å²) in [6, 6.07) is 8.43. The molecule has 1 aromatic rings. The van der Waals surface area contributed by atoms with E-state index in [2.05, 4.69) is 0 Å². The number of sulfonamides is 1. The molecule has 0 bridgehead atoms. The Morgan fingerprint density at radius 3 is 2.53 bits per heavy atom. The summed E-state index contributed by atoms with van der Waals surface area (Å²) in [6.07, 6.45) is 0.273. The molecule has 1 fully saturated rings. The Kier molecular flexibility index (Phi) is 3.51. The van der Waals surface area contributed by atoms with Crippen LogP contribution in [0.25, 0.3) is 0 Å². The largest absolute Gasteiger partial charge is 0.393 e. The maximum Gasteiger partial charge on any atom is 0.243 e. The van der Waals surface area contributed by atoms with Crippen LogP contribution in [0.15, 0.2) is 35.2 Å². The average molecular weight is 255 g/mol. The molecule has 2 rings (SSSR count). The van der Waals surface area contributed by atoms with E-state index in [0.29, 0.717) is 18.0 Å². The quantitative estimate of drug-likeness (QED) is 0.879. The van der Waals surface area contributed by atoms with Crippen LogP contribution in [0.4, 0.5) is 0 Å². The van der Waals surface area contributed by atoms with Gasteiger partial charge in [-0.1, -0.05) is 18.2 Å². The lowest BCUT2D eigenvalue weighted by Gasteiger charge is -2.17. The van der Waals surface area contributed by atoms with Crippen LogP contribution in [0.1, 0.15) is 13.3 Å². The Hall–Kier alpha value is -0.910. The van der Waals surface area contributed by atoms with E-state index in [1.54, 1.807) is 37.3 Å². The van der Waals surface area contributed by atoms with Crippen molar-refractivity contribution in [1.29, 1.82) is 0 Å². The first-order valence-electron chi connectivity index (χ1n) is 5.75. The zero-order chi connectivity index (χ0) is 12.5.